The number of likely N-dealkylation sites (tertiary alicyclic amines) is 1. The Hall–Kier alpha value is -3.15. The summed E-state index contributed by atoms with van der Waals surface area (Å²) in [7, 11) is -3.37. The molecule has 0 amide bonds. The third kappa shape index (κ3) is 14.5. The number of aliphatic hydroxyl groups excluding tert-OH is 1. The molecular formula is C29H39N3O6S. The smallest absolute Gasteiger partial charge is 0.264 e. The summed E-state index contributed by atoms with van der Waals surface area (Å²) in [4.78, 5) is 9.14. The van der Waals surface area contributed by atoms with Crippen LogP contribution < -0.4 is 9.47 Å². The standard InChI is InChI=1S/C18H26N2O2.C11H13NO4S/c1-19-17-5-7-18(8-6-17)22-15-3-11-20-12-9-16(10-13-20)4-2-14-21;1-12-10-4-6-11(7-5-10)15-8-3-9-16-17(2,13)14/h5-8,16,21H,2-4,9-15H2;4-7H,3,8-9H2,2H3. The normalized spacial score (nSPS) is 13.9. The van der Waals surface area contributed by atoms with Crippen LogP contribution in [0, 0.1) is 19.1 Å². The Bertz CT molecular complexity index is 1130. The fourth-order valence-corrected chi connectivity index (χ4v) is 4.47. The van der Waals surface area contributed by atoms with Crippen LogP contribution in [0.3, 0.4) is 0 Å². The van der Waals surface area contributed by atoms with Gasteiger partial charge in [-0.3, -0.25) is 4.18 Å². The summed E-state index contributed by atoms with van der Waals surface area (Å²) in [6, 6.07) is 14.0. The number of hydrogen-bond donors (Lipinski definition) is 1. The molecule has 3 rings (SSSR count). The lowest BCUT2D eigenvalue weighted by molar-refractivity contribution is 0.160. The molecule has 212 valence electrons. The monoisotopic (exact) mass is 557 g/mol. The van der Waals surface area contributed by atoms with Gasteiger partial charge in [0.15, 0.2) is 11.4 Å². The Kier molecular flexibility index (Phi) is 15.0. The first-order valence-electron chi connectivity index (χ1n) is 13.2. The van der Waals surface area contributed by atoms with Crippen molar-refractivity contribution in [1.29, 1.82) is 0 Å². The largest absolute Gasteiger partial charge is 0.494 e. The Labute approximate surface area is 233 Å². The average Bonchev–Trinajstić information content (AvgIpc) is 2.95. The summed E-state index contributed by atoms with van der Waals surface area (Å²) in [5.74, 6) is 2.30. The molecule has 1 saturated heterocycles. The molecule has 2 aromatic carbocycles. The summed E-state index contributed by atoms with van der Waals surface area (Å²) in [5.41, 5.74) is 1.20. The predicted molar refractivity (Wildman–Crippen MR) is 152 cm³/mol. The Morgan fingerprint density at radius 2 is 1.36 bits per heavy atom. The summed E-state index contributed by atoms with van der Waals surface area (Å²) in [5, 5.41) is 8.88. The van der Waals surface area contributed by atoms with Crippen molar-refractivity contribution in [3.05, 3.63) is 71.4 Å². The third-order valence-corrected chi connectivity index (χ3v) is 6.75. The molecule has 9 nitrogen and oxygen atoms in total. The highest BCUT2D eigenvalue weighted by Gasteiger charge is 2.18. The van der Waals surface area contributed by atoms with Crippen LogP contribution in [0.4, 0.5) is 11.4 Å². The van der Waals surface area contributed by atoms with Crippen molar-refractivity contribution in [3.63, 3.8) is 0 Å². The summed E-state index contributed by atoms with van der Waals surface area (Å²) < 4.78 is 36.9. The zero-order chi connectivity index (χ0) is 28.3. The van der Waals surface area contributed by atoms with Gasteiger partial charge in [0.25, 0.3) is 10.1 Å². The van der Waals surface area contributed by atoms with E-state index in [0.29, 0.717) is 36.8 Å². The summed E-state index contributed by atoms with van der Waals surface area (Å²) in [6.07, 6.45) is 7.18. The van der Waals surface area contributed by atoms with Gasteiger partial charge in [-0.25, -0.2) is 9.69 Å². The van der Waals surface area contributed by atoms with Crippen molar-refractivity contribution in [2.75, 3.05) is 52.3 Å². The van der Waals surface area contributed by atoms with E-state index >= 15 is 0 Å². The molecule has 1 heterocycles. The van der Waals surface area contributed by atoms with E-state index in [9.17, 15) is 8.42 Å². The summed E-state index contributed by atoms with van der Waals surface area (Å²) in [6.45, 7) is 18.7. The number of nitrogens with zero attached hydrogens (tertiary/aromatic N) is 3. The van der Waals surface area contributed by atoms with E-state index in [0.717, 1.165) is 43.9 Å². The van der Waals surface area contributed by atoms with Gasteiger partial charge in [0.1, 0.15) is 11.5 Å². The minimum absolute atomic E-state index is 0.110. The topological polar surface area (TPSA) is 94.0 Å². The predicted octanol–water partition coefficient (Wildman–Crippen LogP) is 5.47. The number of piperidine rings is 1. The number of aliphatic hydroxyl groups is 1. The fraction of sp³-hybridized carbons (Fsp3) is 0.517. The van der Waals surface area contributed by atoms with E-state index in [1.165, 1.54) is 32.4 Å². The molecule has 0 saturated carbocycles. The lowest BCUT2D eigenvalue weighted by Crippen LogP contribution is -2.35. The molecule has 39 heavy (non-hydrogen) atoms. The van der Waals surface area contributed by atoms with Crippen LogP contribution in [0.5, 0.6) is 11.5 Å². The van der Waals surface area contributed by atoms with E-state index in [1.807, 2.05) is 12.1 Å². The lowest BCUT2D eigenvalue weighted by atomic mass is 9.92. The Morgan fingerprint density at radius 3 is 1.82 bits per heavy atom. The molecule has 0 spiro atoms. The second-order valence-electron chi connectivity index (χ2n) is 9.29. The van der Waals surface area contributed by atoms with Gasteiger partial charge in [-0.2, -0.15) is 8.42 Å². The van der Waals surface area contributed by atoms with Crippen LogP contribution in [-0.4, -0.2) is 70.7 Å². The molecule has 0 unspecified atom stereocenters. The molecular weight excluding hydrogens is 518 g/mol. The SMILES string of the molecule is [C-]#[N+]c1ccc(OCCCN2CCC(CCCO)CC2)cc1.[C-]#[N+]c1ccc(OCCCOS(C)(=O)=O)cc1. The van der Waals surface area contributed by atoms with Crippen molar-refractivity contribution >= 4 is 21.5 Å². The summed E-state index contributed by atoms with van der Waals surface area (Å²) >= 11 is 0. The van der Waals surface area contributed by atoms with Crippen LogP contribution in [0.1, 0.15) is 38.5 Å². The Balaban J connectivity index is 0.000000283. The highest BCUT2D eigenvalue weighted by atomic mass is 32.2. The molecule has 1 aliphatic rings. The van der Waals surface area contributed by atoms with Crippen molar-refractivity contribution < 1.29 is 27.2 Å². The number of hydrogen-bond acceptors (Lipinski definition) is 7. The van der Waals surface area contributed by atoms with Gasteiger partial charge in [-0.05, 0) is 75.4 Å². The van der Waals surface area contributed by atoms with Crippen molar-refractivity contribution in [1.82, 2.24) is 4.90 Å². The van der Waals surface area contributed by atoms with E-state index in [-0.39, 0.29) is 6.61 Å². The van der Waals surface area contributed by atoms with Crippen molar-refractivity contribution in [2.45, 2.75) is 38.5 Å². The van der Waals surface area contributed by atoms with Gasteiger partial charge in [-0.15, -0.1) is 0 Å². The number of rotatable bonds is 14. The number of benzene rings is 2. The van der Waals surface area contributed by atoms with Crippen LogP contribution >= 0.6 is 0 Å². The average molecular weight is 558 g/mol. The molecule has 2 aromatic rings. The Morgan fingerprint density at radius 1 is 0.846 bits per heavy atom. The van der Waals surface area contributed by atoms with E-state index in [4.69, 9.17) is 27.7 Å². The molecule has 10 heteroatoms. The van der Waals surface area contributed by atoms with Crippen LogP contribution in [0.25, 0.3) is 9.69 Å². The molecule has 0 aromatic heterocycles. The van der Waals surface area contributed by atoms with Gasteiger partial charge >= 0.3 is 0 Å². The lowest BCUT2D eigenvalue weighted by Gasteiger charge is -2.31. The van der Waals surface area contributed by atoms with E-state index in [2.05, 4.69) is 18.8 Å². The van der Waals surface area contributed by atoms with Gasteiger partial charge in [0.05, 0.1) is 39.2 Å². The minimum Gasteiger partial charge on any atom is -0.494 e. The van der Waals surface area contributed by atoms with Crippen LogP contribution in [0.2, 0.25) is 0 Å². The van der Waals surface area contributed by atoms with Gasteiger partial charge < -0.3 is 19.5 Å². The zero-order valence-corrected chi connectivity index (χ0v) is 23.4. The van der Waals surface area contributed by atoms with Crippen LogP contribution in [-0.2, 0) is 14.3 Å². The second kappa shape index (κ2) is 18.2. The zero-order valence-electron chi connectivity index (χ0n) is 22.6. The molecule has 0 aliphatic carbocycles. The molecule has 1 fully saturated rings. The molecule has 0 bridgehead atoms. The highest BCUT2D eigenvalue weighted by molar-refractivity contribution is 7.85. The molecule has 1 N–H and O–H groups in total. The third-order valence-electron chi connectivity index (χ3n) is 6.15. The molecule has 0 atom stereocenters. The highest BCUT2D eigenvalue weighted by Crippen LogP contribution is 2.22. The maximum atomic E-state index is 10.6. The van der Waals surface area contributed by atoms with Gasteiger partial charge in [0.2, 0.25) is 0 Å². The molecule has 1 aliphatic heterocycles. The number of ether oxygens (including phenoxy) is 2. The van der Waals surface area contributed by atoms with Gasteiger partial charge in [-0.1, -0.05) is 24.3 Å². The maximum absolute atomic E-state index is 10.6. The maximum Gasteiger partial charge on any atom is 0.264 e. The van der Waals surface area contributed by atoms with Crippen molar-refractivity contribution in [2.24, 2.45) is 5.92 Å². The minimum atomic E-state index is -3.37. The van der Waals surface area contributed by atoms with Crippen LogP contribution in [0.15, 0.2) is 48.5 Å². The fourth-order valence-electron chi connectivity index (χ4n) is 4.05. The van der Waals surface area contributed by atoms with E-state index < -0.39 is 10.1 Å². The quantitative estimate of drug-likeness (QED) is 0.187. The second-order valence-corrected chi connectivity index (χ2v) is 10.9. The first kappa shape index (κ1) is 32.1. The van der Waals surface area contributed by atoms with E-state index in [1.54, 1.807) is 36.4 Å². The van der Waals surface area contributed by atoms with Crippen molar-refractivity contribution in [3.8, 4) is 11.5 Å². The first-order valence-corrected chi connectivity index (χ1v) is 15.0. The first-order chi connectivity index (χ1) is 18.8. The van der Waals surface area contributed by atoms with Gasteiger partial charge in [0, 0.05) is 19.6 Å². The molecule has 0 radical (unpaired) electrons.